The molecule has 152 valence electrons. The number of hydrogen-bond acceptors (Lipinski definition) is 4. The first-order chi connectivity index (χ1) is 12.8. The van der Waals surface area contributed by atoms with Crippen molar-refractivity contribution in [3.63, 3.8) is 0 Å². The molecule has 1 amide bonds. The summed E-state index contributed by atoms with van der Waals surface area (Å²) in [5.74, 6) is 1.74. The van der Waals surface area contributed by atoms with Crippen LogP contribution in [0.25, 0.3) is 0 Å². The highest BCUT2D eigenvalue weighted by molar-refractivity contribution is 6.06. The molecular formula is C21H36N4O2. The van der Waals surface area contributed by atoms with Crippen LogP contribution in [0.1, 0.15) is 53.9 Å². The summed E-state index contributed by atoms with van der Waals surface area (Å²) in [5.41, 5.74) is 5.89. The van der Waals surface area contributed by atoms with E-state index in [9.17, 15) is 4.79 Å². The normalized spacial score (nSPS) is 19.7. The van der Waals surface area contributed by atoms with Gasteiger partial charge in [0, 0.05) is 50.0 Å². The molecular weight excluding hydrogens is 340 g/mol. The molecule has 2 aliphatic rings. The first kappa shape index (κ1) is 21.5. The molecule has 2 fully saturated rings. The second-order valence-corrected chi connectivity index (χ2v) is 8.19. The molecule has 0 aromatic carbocycles. The molecule has 0 aliphatic carbocycles. The van der Waals surface area contributed by atoms with E-state index in [0.29, 0.717) is 18.4 Å². The minimum absolute atomic E-state index is 0.0410. The fourth-order valence-corrected chi connectivity index (χ4v) is 3.22. The van der Waals surface area contributed by atoms with Crippen molar-refractivity contribution >= 4 is 11.9 Å². The van der Waals surface area contributed by atoms with Crippen molar-refractivity contribution in [1.29, 1.82) is 0 Å². The van der Waals surface area contributed by atoms with E-state index in [4.69, 9.17) is 4.74 Å². The smallest absolute Gasteiger partial charge is 0.256 e. The van der Waals surface area contributed by atoms with Gasteiger partial charge in [-0.05, 0) is 46.0 Å². The Morgan fingerprint density at radius 1 is 1.26 bits per heavy atom. The molecule has 0 radical (unpaired) electrons. The largest absolute Gasteiger partial charge is 0.381 e. The van der Waals surface area contributed by atoms with Crippen LogP contribution in [0.5, 0.6) is 0 Å². The van der Waals surface area contributed by atoms with Crippen LogP contribution >= 0.6 is 0 Å². The van der Waals surface area contributed by atoms with Crippen molar-refractivity contribution in [2.24, 2.45) is 16.9 Å². The highest BCUT2D eigenvalue weighted by atomic mass is 16.5. The molecule has 2 heterocycles. The highest BCUT2D eigenvalue weighted by Gasteiger charge is 2.32. The number of hydrogen-bond donors (Lipinski definition) is 1. The topological polar surface area (TPSA) is 57.2 Å². The molecule has 2 aliphatic heterocycles. The Hall–Kier alpha value is -1.82. The second kappa shape index (κ2) is 9.93. The number of guanidine groups is 1. The SMILES string of the molecule is C=C(N/N=C1/N(CCC(C)C)CCN1C(=O)C(C)=C(C)C)C1CCOCC1. The van der Waals surface area contributed by atoms with Gasteiger partial charge in [-0.25, -0.2) is 0 Å². The zero-order valence-corrected chi connectivity index (χ0v) is 17.7. The quantitative estimate of drug-likeness (QED) is 0.547. The van der Waals surface area contributed by atoms with Crippen molar-refractivity contribution in [2.45, 2.75) is 53.9 Å². The Bertz CT molecular complexity index is 599. The molecule has 1 N–H and O–H groups in total. The van der Waals surface area contributed by atoms with E-state index in [0.717, 1.165) is 68.4 Å². The van der Waals surface area contributed by atoms with E-state index in [1.165, 1.54) is 0 Å². The summed E-state index contributed by atoms with van der Waals surface area (Å²) in [6, 6.07) is 0. The summed E-state index contributed by atoms with van der Waals surface area (Å²) < 4.78 is 5.43. The summed E-state index contributed by atoms with van der Waals surface area (Å²) in [6.45, 7) is 18.4. The van der Waals surface area contributed by atoms with Crippen molar-refractivity contribution in [2.75, 3.05) is 32.8 Å². The fraction of sp³-hybridized carbons (Fsp3) is 0.714. The third-order valence-electron chi connectivity index (χ3n) is 5.42. The summed E-state index contributed by atoms with van der Waals surface area (Å²) in [4.78, 5) is 16.9. The van der Waals surface area contributed by atoms with Gasteiger partial charge in [-0.2, -0.15) is 0 Å². The predicted octanol–water partition coefficient (Wildman–Crippen LogP) is 3.33. The van der Waals surface area contributed by atoms with Crippen LogP contribution in [0.3, 0.4) is 0 Å². The maximum absolute atomic E-state index is 12.9. The molecule has 0 aromatic heterocycles. The van der Waals surface area contributed by atoms with Crippen molar-refractivity contribution in [3.05, 3.63) is 23.4 Å². The predicted molar refractivity (Wildman–Crippen MR) is 110 cm³/mol. The van der Waals surface area contributed by atoms with Gasteiger partial charge in [-0.15, -0.1) is 5.10 Å². The zero-order valence-electron chi connectivity index (χ0n) is 17.7. The number of allylic oxidation sites excluding steroid dienone is 2. The molecule has 0 atom stereocenters. The molecule has 27 heavy (non-hydrogen) atoms. The fourth-order valence-electron chi connectivity index (χ4n) is 3.22. The third kappa shape index (κ3) is 5.83. The van der Waals surface area contributed by atoms with Crippen LogP contribution in [-0.4, -0.2) is 54.5 Å². The Morgan fingerprint density at radius 2 is 1.93 bits per heavy atom. The molecule has 2 rings (SSSR count). The number of carbonyl (C=O) groups is 1. The second-order valence-electron chi connectivity index (χ2n) is 8.19. The van der Waals surface area contributed by atoms with Gasteiger partial charge in [0.05, 0.1) is 0 Å². The third-order valence-corrected chi connectivity index (χ3v) is 5.42. The van der Waals surface area contributed by atoms with Crippen molar-refractivity contribution < 1.29 is 9.53 Å². The van der Waals surface area contributed by atoms with Crippen molar-refractivity contribution in [3.8, 4) is 0 Å². The summed E-state index contributed by atoms with van der Waals surface area (Å²) >= 11 is 0. The number of carbonyl (C=O) groups excluding carboxylic acids is 1. The van der Waals surface area contributed by atoms with Crippen LogP contribution in [-0.2, 0) is 9.53 Å². The standard InChI is InChI=1S/C21H36N4O2/c1-15(2)7-10-24-11-12-25(20(26)17(5)16(3)4)21(24)23-22-18(6)19-8-13-27-14-9-19/h15,19,22H,6-14H2,1-5H3/b23-21-. The van der Waals surface area contributed by atoms with E-state index in [2.05, 4.69) is 35.9 Å². The van der Waals surface area contributed by atoms with E-state index in [1.807, 2.05) is 20.8 Å². The number of amides is 1. The number of nitrogens with one attached hydrogen (secondary N) is 1. The van der Waals surface area contributed by atoms with Crippen molar-refractivity contribution in [1.82, 2.24) is 15.2 Å². The monoisotopic (exact) mass is 376 g/mol. The number of rotatable bonds is 7. The summed E-state index contributed by atoms with van der Waals surface area (Å²) in [7, 11) is 0. The molecule has 0 unspecified atom stereocenters. The van der Waals surface area contributed by atoms with E-state index >= 15 is 0 Å². The minimum atomic E-state index is 0.0410. The molecule has 0 bridgehead atoms. The number of hydrazone groups is 1. The maximum atomic E-state index is 12.9. The minimum Gasteiger partial charge on any atom is -0.381 e. The molecule has 6 nitrogen and oxygen atoms in total. The lowest BCUT2D eigenvalue weighted by atomic mass is 9.98. The van der Waals surface area contributed by atoms with E-state index < -0.39 is 0 Å². The van der Waals surface area contributed by atoms with Crippen LogP contribution in [0.4, 0.5) is 0 Å². The lowest BCUT2D eigenvalue weighted by Crippen LogP contribution is -2.40. The lowest BCUT2D eigenvalue weighted by molar-refractivity contribution is -0.123. The lowest BCUT2D eigenvalue weighted by Gasteiger charge is -2.26. The van der Waals surface area contributed by atoms with Crippen LogP contribution in [0.2, 0.25) is 0 Å². The van der Waals surface area contributed by atoms with Gasteiger partial charge >= 0.3 is 0 Å². The molecule has 2 saturated heterocycles. The highest BCUT2D eigenvalue weighted by Crippen LogP contribution is 2.21. The van der Waals surface area contributed by atoms with Crippen LogP contribution in [0, 0.1) is 11.8 Å². The first-order valence-corrected chi connectivity index (χ1v) is 10.1. The molecule has 0 saturated carbocycles. The van der Waals surface area contributed by atoms with Gasteiger partial charge in [0.15, 0.2) is 0 Å². The average Bonchev–Trinajstić information content (AvgIpc) is 3.06. The Balaban J connectivity index is 2.14. The van der Waals surface area contributed by atoms with Gasteiger partial charge < -0.3 is 9.64 Å². The zero-order chi connectivity index (χ0) is 20.0. The van der Waals surface area contributed by atoms with E-state index in [-0.39, 0.29) is 5.91 Å². The number of ether oxygens (including phenoxy) is 1. The average molecular weight is 377 g/mol. The summed E-state index contributed by atoms with van der Waals surface area (Å²) in [6.07, 6.45) is 3.00. The van der Waals surface area contributed by atoms with Crippen LogP contribution in [0.15, 0.2) is 28.5 Å². The molecule has 0 spiro atoms. The molecule has 0 aromatic rings. The first-order valence-electron chi connectivity index (χ1n) is 10.1. The summed E-state index contributed by atoms with van der Waals surface area (Å²) in [5, 5.41) is 4.64. The Kier molecular flexibility index (Phi) is 7.90. The van der Waals surface area contributed by atoms with Gasteiger partial charge in [-0.3, -0.25) is 15.1 Å². The Labute approximate surface area is 164 Å². The van der Waals surface area contributed by atoms with Gasteiger partial charge in [-0.1, -0.05) is 26.0 Å². The van der Waals surface area contributed by atoms with Gasteiger partial charge in [0.2, 0.25) is 5.96 Å². The molecule has 6 heteroatoms. The number of nitrogens with zero attached hydrogens (tertiary/aromatic N) is 3. The van der Waals surface area contributed by atoms with Crippen LogP contribution < -0.4 is 5.43 Å². The van der Waals surface area contributed by atoms with Gasteiger partial charge in [0.25, 0.3) is 5.91 Å². The van der Waals surface area contributed by atoms with Gasteiger partial charge in [0.1, 0.15) is 0 Å². The van der Waals surface area contributed by atoms with E-state index in [1.54, 1.807) is 4.90 Å². The maximum Gasteiger partial charge on any atom is 0.256 e. The Morgan fingerprint density at radius 3 is 2.52 bits per heavy atom.